The third-order valence-electron chi connectivity index (χ3n) is 8.33. The van der Waals surface area contributed by atoms with Crippen LogP contribution in [-0.2, 0) is 9.53 Å². The third-order valence-corrected chi connectivity index (χ3v) is 8.33. The Kier molecular flexibility index (Phi) is 3.96. The molecule has 0 unspecified atom stereocenters. The zero-order chi connectivity index (χ0) is 17.8. The summed E-state index contributed by atoms with van der Waals surface area (Å²) in [7, 11) is 1.68. The lowest BCUT2D eigenvalue weighted by Gasteiger charge is -2.57. The van der Waals surface area contributed by atoms with Crippen LogP contribution < -0.4 is 0 Å². The van der Waals surface area contributed by atoms with Crippen molar-refractivity contribution in [3.8, 4) is 6.07 Å². The smallest absolute Gasteiger partial charge is 0.165 e. The molecular formula is C22H29NO2. The zero-order valence-electron chi connectivity index (χ0n) is 15.7. The van der Waals surface area contributed by atoms with Crippen LogP contribution in [0.25, 0.3) is 0 Å². The second-order valence-electron chi connectivity index (χ2n) is 9.12. The predicted molar refractivity (Wildman–Crippen MR) is 96.6 cm³/mol. The average molecular weight is 339 g/mol. The maximum Gasteiger partial charge on any atom is 0.165 e. The first-order chi connectivity index (χ1) is 11.9. The van der Waals surface area contributed by atoms with Gasteiger partial charge in [-0.15, -0.1) is 0 Å². The van der Waals surface area contributed by atoms with E-state index in [1.54, 1.807) is 7.11 Å². The van der Waals surface area contributed by atoms with E-state index in [0.29, 0.717) is 24.2 Å². The van der Waals surface area contributed by atoms with E-state index in [2.05, 4.69) is 26.0 Å². The van der Waals surface area contributed by atoms with Gasteiger partial charge in [-0.2, -0.15) is 5.26 Å². The minimum Gasteiger partial charge on any atom is -0.374 e. The van der Waals surface area contributed by atoms with E-state index in [4.69, 9.17) is 10.00 Å². The summed E-state index contributed by atoms with van der Waals surface area (Å²) in [4.78, 5) is 12.3. The molecule has 4 aliphatic carbocycles. The summed E-state index contributed by atoms with van der Waals surface area (Å²) in [6.07, 6.45) is 11.2. The van der Waals surface area contributed by atoms with Gasteiger partial charge in [-0.1, -0.05) is 31.1 Å². The minimum absolute atomic E-state index is 0.112. The Labute approximate surface area is 151 Å². The number of nitriles is 1. The average Bonchev–Trinajstić information content (AvgIpc) is 2.92. The summed E-state index contributed by atoms with van der Waals surface area (Å²) in [5, 5.41) is 9.16. The van der Waals surface area contributed by atoms with Crippen molar-refractivity contribution in [1.29, 1.82) is 5.26 Å². The van der Waals surface area contributed by atoms with Gasteiger partial charge in [0, 0.05) is 19.6 Å². The Bertz CT molecular complexity index is 699. The molecule has 4 aliphatic rings. The minimum atomic E-state index is -0.230. The fourth-order valence-corrected chi connectivity index (χ4v) is 6.89. The first-order valence-electron chi connectivity index (χ1n) is 9.78. The van der Waals surface area contributed by atoms with Crippen molar-refractivity contribution >= 4 is 5.78 Å². The fraction of sp³-hybridized carbons (Fsp3) is 0.727. The van der Waals surface area contributed by atoms with Gasteiger partial charge >= 0.3 is 0 Å². The lowest BCUT2D eigenvalue weighted by atomic mass is 9.47. The number of carbonyl (C=O) groups excluding carboxylic acids is 1. The highest BCUT2D eigenvalue weighted by Crippen LogP contribution is 2.65. The molecule has 6 atom stereocenters. The first-order valence-corrected chi connectivity index (χ1v) is 9.78. The second kappa shape index (κ2) is 5.81. The van der Waals surface area contributed by atoms with Gasteiger partial charge in [0.05, 0.1) is 6.07 Å². The summed E-state index contributed by atoms with van der Waals surface area (Å²) in [5.41, 5.74) is 3.08. The molecule has 0 amide bonds. The quantitative estimate of drug-likeness (QED) is 0.518. The number of Topliss-reactive ketones (excluding diaryl/α,β-unsaturated/α-hetero) is 1. The number of nitrogens with zero attached hydrogens (tertiary/aromatic N) is 1. The molecule has 0 aromatic heterocycles. The van der Waals surface area contributed by atoms with Crippen molar-refractivity contribution in [2.45, 2.75) is 64.9 Å². The molecule has 0 aliphatic heterocycles. The summed E-state index contributed by atoms with van der Waals surface area (Å²) < 4.78 is 5.53. The van der Waals surface area contributed by atoms with E-state index in [0.717, 1.165) is 19.3 Å². The molecule has 4 rings (SSSR count). The molecule has 0 N–H and O–H groups in total. The van der Waals surface area contributed by atoms with Crippen LogP contribution in [0.1, 0.15) is 58.8 Å². The SMILES string of the molecule is CO[C@H]1C[C@@]2(C)C(=CC[C@@H]3[C@@H]2CC[C@]2(C)/C(=C\C#N)CC[C@@H]32)CC1=O. The summed E-state index contributed by atoms with van der Waals surface area (Å²) in [5.74, 6) is 2.27. The molecule has 0 bridgehead atoms. The van der Waals surface area contributed by atoms with Crippen LogP contribution in [0, 0.1) is 39.9 Å². The van der Waals surface area contributed by atoms with Gasteiger partial charge in [-0.25, -0.2) is 0 Å². The van der Waals surface area contributed by atoms with Gasteiger partial charge in [0.15, 0.2) is 5.78 Å². The standard InChI is InChI=1S/C22H29NO2/c1-21-10-8-18-16(17(21)7-5-14(21)9-11-23)6-4-15-12-19(24)20(25-3)13-22(15,18)2/h4,9,16-18,20H,5-8,10,12-13H2,1-3H3/b14-9-/t16-,17-,18-,20-,21+,22-/m0/s1. The predicted octanol–water partition coefficient (Wildman–Crippen LogP) is 4.59. The number of ether oxygens (including phenoxy) is 1. The number of hydrogen-bond acceptors (Lipinski definition) is 3. The molecule has 0 aromatic rings. The summed E-state index contributed by atoms with van der Waals surface area (Å²) in [6, 6.07) is 2.28. The van der Waals surface area contributed by atoms with Crippen molar-refractivity contribution in [2.75, 3.05) is 7.11 Å². The van der Waals surface area contributed by atoms with E-state index in [1.807, 2.05) is 6.08 Å². The summed E-state index contributed by atoms with van der Waals surface area (Å²) >= 11 is 0. The molecule has 3 heteroatoms. The van der Waals surface area contributed by atoms with Crippen molar-refractivity contribution in [3.63, 3.8) is 0 Å². The van der Waals surface area contributed by atoms with E-state index in [9.17, 15) is 4.79 Å². The maximum atomic E-state index is 12.3. The van der Waals surface area contributed by atoms with Gasteiger partial charge in [0.25, 0.3) is 0 Å². The zero-order valence-corrected chi connectivity index (χ0v) is 15.7. The van der Waals surface area contributed by atoms with Crippen LogP contribution >= 0.6 is 0 Å². The molecule has 3 saturated carbocycles. The number of ketones is 1. The van der Waals surface area contributed by atoms with Gasteiger partial charge in [-0.3, -0.25) is 4.79 Å². The highest BCUT2D eigenvalue weighted by Gasteiger charge is 2.58. The molecule has 0 spiro atoms. The number of fused-ring (bicyclic) bond motifs is 5. The Morgan fingerprint density at radius 3 is 2.76 bits per heavy atom. The Hall–Kier alpha value is -1.40. The molecule has 0 radical (unpaired) electrons. The molecule has 0 heterocycles. The number of carbonyl (C=O) groups is 1. The van der Waals surface area contributed by atoms with Crippen molar-refractivity contribution in [1.82, 2.24) is 0 Å². The van der Waals surface area contributed by atoms with Crippen molar-refractivity contribution < 1.29 is 9.53 Å². The second-order valence-corrected chi connectivity index (χ2v) is 9.12. The van der Waals surface area contributed by atoms with Crippen LogP contribution in [0.5, 0.6) is 0 Å². The lowest BCUT2D eigenvalue weighted by Crippen LogP contribution is -2.51. The highest BCUT2D eigenvalue weighted by molar-refractivity contribution is 5.87. The highest BCUT2D eigenvalue weighted by atomic mass is 16.5. The summed E-state index contributed by atoms with van der Waals surface area (Å²) in [6.45, 7) is 4.78. The van der Waals surface area contributed by atoms with Gasteiger partial charge in [-0.05, 0) is 67.1 Å². The number of hydrogen-bond donors (Lipinski definition) is 0. The van der Waals surface area contributed by atoms with Gasteiger partial charge in [0.2, 0.25) is 0 Å². The Morgan fingerprint density at radius 1 is 1.28 bits per heavy atom. The number of rotatable bonds is 1. The van der Waals surface area contributed by atoms with E-state index in [1.165, 1.54) is 30.4 Å². The molecule has 0 aromatic carbocycles. The normalized spacial score (nSPS) is 47.5. The largest absolute Gasteiger partial charge is 0.374 e. The molecule has 0 saturated heterocycles. The molecule has 134 valence electrons. The topological polar surface area (TPSA) is 50.1 Å². The fourth-order valence-electron chi connectivity index (χ4n) is 6.89. The van der Waals surface area contributed by atoms with E-state index >= 15 is 0 Å². The van der Waals surface area contributed by atoms with E-state index in [-0.39, 0.29) is 22.7 Å². The maximum absolute atomic E-state index is 12.3. The monoisotopic (exact) mass is 339 g/mol. The Morgan fingerprint density at radius 2 is 2.04 bits per heavy atom. The Balaban J connectivity index is 1.68. The van der Waals surface area contributed by atoms with Crippen LogP contribution in [0.15, 0.2) is 23.3 Å². The van der Waals surface area contributed by atoms with Crippen LogP contribution in [0.2, 0.25) is 0 Å². The molecular weight excluding hydrogens is 310 g/mol. The third kappa shape index (κ3) is 2.30. The first kappa shape index (κ1) is 17.0. The van der Waals surface area contributed by atoms with Crippen molar-refractivity contribution in [2.24, 2.45) is 28.6 Å². The van der Waals surface area contributed by atoms with E-state index < -0.39 is 0 Å². The molecule has 3 fully saturated rings. The van der Waals surface area contributed by atoms with Crippen LogP contribution in [0.4, 0.5) is 0 Å². The van der Waals surface area contributed by atoms with Gasteiger partial charge in [0.1, 0.15) is 6.10 Å². The molecule has 3 nitrogen and oxygen atoms in total. The van der Waals surface area contributed by atoms with Gasteiger partial charge < -0.3 is 4.74 Å². The molecule has 25 heavy (non-hydrogen) atoms. The van der Waals surface area contributed by atoms with Crippen LogP contribution in [-0.4, -0.2) is 19.0 Å². The van der Waals surface area contributed by atoms with Crippen LogP contribution in [0.3, 0.4) is 0 Å². The lowest BCUT2D eigenvalue weighted by molar-refractivity contribution is -0.135. The number of methoxy groups -OCH3 is 1. The number of allylic oxidation sites excluding steroid dienone is 4. The van der Waals surface area contributed by atoms with Crippen molar-refractivity contribution in [3.05, 3.63) is 23.3 Å².